The third-order valence-electron chi connectivity index (χ3n) is 4.58. The Labute approximate surface area is 175 Å². The van der Waals surface area contributed by atoms with Gasteiger partial charge < -0.3 is 5.32 Å². The van der Waals surface area contributed by atoms with Crippen LogP contribution in [0.5, 0.6) is 0 Å². The molecule has 8 heteroatoms. The average molecular weight is 425 g/mol. The first-order valence-electron chi connectivity index (χ1n) is 9.30. The summed E-state index contributed by atoms with van der Waals surface area (Å²) < 4.78 is 1.57. The van der Waals surface area contributed by atoms with Crippen LogP contribution in [0.1, 0.15) is 28.1 Å². The van der Waals surface area contributed by atoms with Gasteiger partial charge in [-0.15, -0.1) is 22.7 Å². The number of hydrogen-bond donors (Lipinski definition) is 1. The molecule has 0 saturated heterocycles. The van der Waals surface area contributed by atoms with Crippen LogP contribution in [0.15, 0.2) is 46.8 Å². The Morgan fingerprint density at radius 1 is 1.28 bits per heavy atom. The highest BCUT2D eigenvalue weighted by atomic mass is 32.1. The molecule has 1 amide bonds. The quantitative estimate of drug-likeness (QED) is 0.507. The number of anilines is 1. The van der Waals surface area contributed by atoms with Gasteiger partial charge in [-0.05, 0) is 31.0 Å². The van der Waals surface area contributed by atoms with Gasteiger partial charge in [0, 0.05) is 15.9 Å². The van der Waals surface area contributed by atoms with Crippen molar-refractivity contribution >= 4 is 44.5 Å². The number of hydrogen-bond acceptors (Lipinski definition) is 6. The zero-order valence-corrected chi connectivity index (χ0v) is 17.8. The summed E-state index contributed by atoms with van der Waals surface area (Å²) in [6.07, 6.45) is 2.67. The summed E-state index contributed by atoms with van der Waals surface area (Å²) in [7, 11) is 0. The summed E-state index contributed by atoms with van der Waals surface area (Å²) in [5.74, 6) is -0.106. The van der Waals surface area contributed by atoms with Gasteiger partial charge in [-0.2, -0.15) is 0 Å². The zero-order chi connectivity index (χ0) is 20.4. The molecule has 0 unspecified atom stereocenters. The Kier molecular flexibility index (Phi) is 5.55. The first-order chi connectivity index (χ1) is 14.0. The third kappa shape index (κ3) is 4.28. The van der Waals surface area contributed by atoms with Gasteiger partial charge in [-0.25, -0.2) is 9.97 Å². The van der Waals surface area contributed by atoms with E-state index in [0.29, 0.717) is 11.9 Å². The predicted octanol–water partition coefficient (Wildman–Crippen LogP) is 4.01. The fraction of sp³-hybridized carbons (Fsp3) is 0.238. The van der Waals surface area contributed by atoms with Gasteiger partial charge >= 0.3 is 0 Å². The second-order valence-corrected chi connectivity index (χ2v) is 8.79. The number of nitrogens with one attached hydrogen (secondary N) is 1. The number of para-hydroxylation sites is 1. The van der Waals surface area contributed by atoms with Gasteiger partial charge in [0.25, 0.3) is 5.56 Å². The molecule has 0 saturated carbocycles. The maximum absolute atomic E-state index is 12.7. The number of aromatic nitrogens is 3. The van der Waals surface area contributed by atoms with Gasteiger partial charge in [0.1, 0.15) is 9.84 Å². The second kappa shape index (κ2) is 8.26. The molecular formula is C21H20N4O2S2. The highest BCUT2D eigenvalue weighted by Crippen LogP contribution is 2.21. The van der Waals surface area contributed by atoms with Gasteiger partial charge in [0.15, 0.2) is 0 Å². The molecule has 0 spiro atoms. The minimum Gasteiger partial charge on any atom is -0.325 e. The molecule has 0 radical (unpaired) electrons. The third-order valence-corrected chi connectivity index (χ3v) is 6.67. The van der Waals surface area contributed by atoms with Gasteiger partial charge in [0.05, 0.1) is 30.4 Å². The average Bonchev–Trinajstić information content (AvgIpc) is 3.33. The lowest BCUT2D eigenvalue weighted by Gasteiger charge is -2.06. The number of nitrogens with zero attached hydrogens (tertiary/aromatic N) is 3. The van der Waals surface area contributed by atoms with E-state index in [9.17, 15) is 9.59 Å². The molecular weight excluding hydrogens is 404 g/mol. The minimum atomic E-state index is -0.106. The van der Waals surface area contributed by atoms with E-state index >= 15 is 0 Å². The lowest BCUT2D eigenvalue weighted by atomic mass is 10.2. The van der Waals surface area contributed by atoms with Crippen molar-refractivity contribution < 1.29 is 4.79 Å². The molecule has 148 valence electrons. The van der Waals surface area contributed by atoms with Crippen LogP contribution in [0.3, 0.4) is 0 Å². The summed E-state index contributed by atoms with van der Waals surface area (Å²) >= 11 is 2.98. The van der Waals surface area contributed by atoms with E-state index in [1.807, 2.05) is 42.6 Å². The number of fused-ring (bicyclic) bond motifs is 1. The van der Waals surface area contributed by atoms with Crippen molar-refractivity contribution in [1.82, 2.24) is 14.5 Å². The Balaban J connectivity index is 1.46. The van der Waals surface area contributed by atoms with Crippen LogP contribution in [0, 0.1) is 6.92 Å². The van der Waals surface area contributed by atoms with E-state index in [1.54, 1.807) is 22.2 Å². The highest BCUT2D eigenvalue weighted by Gasteiger charge is 2.12. The molecule has 1 N–H and O–H groups in total. The molecule has 1 aromatic carbocycles. The van der Waals surface area contributed by atoms with Crippen molar-refractivity contribution in [3.63, 3.8) is 0 Å². The molecule has 0 atom stereocenters. The van der Waals surface area contributed by atoms with Crippen LogP contribution in [0.25, 0.3) is 10.2 Å². The topological polar surface area (TPSA) is 76.9 Å². The van der Waals surface area contributed by atoms with Gasteiger partial charge in [-0.1, -0.05) is 25.1 Å². The van der Waals surface area contributed by atoms with E-state index in [4.69, 9.17) is 0 Å². The number of aryl methyl sites for hydroxylation is 2. The lowest BCUT2D eigenvalue weighted by Crippen LogP contribution is -2.20. The number of benzene rings is 1. The highest BCUT2D eigenvalue weighted by molar-refractivity contribution is 7.18. The maximum atomic E-state index is 12.7. The lowest BCUT2D eigenvalue weighted by molar-refractivity contribution is -0.115. The number of thiazole rings is 1. The summed E-state index contributed by atoms with van der Waals surface area (Å²) in [4.78, 5) is 35.9. The monoisotopic (exact) mass is 424 g/mol. The van der Waals surface area contributed by atoms with E-state index in [0.717, 1.165) is 38.1 Å². The fourth-order valence-corrected chi connectivity index (χ4v) is 4.73. The molecule has 0 aliphatic rings. The first kappa shape index (κ1) is 19.5. The summed E-state index contributed by atoms with van der Waals surface area (Å²) in [6.45, 7) is 4.36. The van der Waals surface area contributed by atoms with Crippen LogP contribution >= 0.6 is 22.7 Å². The van der Waals surface area contributed by atoms with Crippen molar-refractivity contribution in [2.45, 2.75) is 33.2 Å². The van der Waals surface area contributed by atoms with Crippen molar-refractivity contribution in [1.29, 1.82) is 0 Å². The van der Waals surface area contributed by atoms with Crippen molar-refractivity contribution in [3.05, 3.63) is 73.5 Å². The summed E-state index contributed by atoms with van der Waals surface area (Å²) in [6, 6.07) is 9.59. The molecule has 0 fully saturated rings. The van der Waals surface area contributed by atoms with Crippen molar-refractivity contribution in [2.24, 2.45) is 0 Å². The SMILES string of the molecule is CCc1cc2c(=O)n(Cc3csc(CC(=O)Nc4ccccc4C)n3)cnc2s1. The Morgan fingerprint density at radius 2 is 2.10 bits per heavy atom. The van der Waals surface area contributed by atoms with Gasteiger partial charge in [-0.3, -0.25) is 14.2 Å². The number of carbonyl (C=O) groups is 1. The molecule has 29 heavy (non-hydrogen) atoms. The minimum absolute atomic E-state index is 0.0576. The molecule has 4 aromatic rings. The molecule has 3 aromatic heterocycles. The normalized spacial score (nSPS) is 11.1. The number of amides is 1. The molecule has 3 heterocycles. The molecule has 4 rings (SSSR count). The Morgan fingerprint density at radius 3 is 2.90 bits per heavy atom. The number of rotatable bonds is 6. The predicted molar refractivity (Wildman–Crippen MR) is 118 cm³/mol. The molecule has 0 bridgehead atoms. The van der Waals surface area contributed by atoms with Crippen molar-refractivity contribution in [3.8, 4) is 0 Å². The van der Waals surface area contributed by atoms with Crippen LogP contribution in [-0.4, -0.2) is 20.4 Å². The Bertz CT molecular complexity index is 1240. The zero-order valence-electron chi connectivity index (χ0n) is 16.1. The Hall–Kier alpha value is -2.84. The fourth-order valence-electron chi connectivity index (χ4n) is 3.02. The van der Waals surface area contributed by atoms with Crippen LogP contribution < -0.4 is 10.9 Å². The smallest absolute Gasteiger partial charge is 0.262 e. The van der Waals surface area contributed by atoms with Crippen LogP contribution in [0.4, 0.5) is 5.69 Å². The largest absolute Gasteiger partial charge is 0.325 e. The maximum Gasteiger partial charge on any atom is 0.262 e. The van der Waals surface area contributed by atoms with Crippen LogP contribution in [-0.2, 0) is 24.2 Å². The summed E-state index contributed by atoms with van der Waals surface area (Å²) in [5, 5.41) is 6.18. The number of thiophene rings is 1. The van der Waals surface area contributed by atoms with Crippen LogP contribution in [0.2, 0.25) is 0 Å². The summed E-state index contributed by atoms with van der Waals surface area (Å²) in [5.41, 5.74) is 2.52. The molecule has 0 aliphatic heterocycles. The number of carbonyl (C=O) groups excluding carboxylic acids is 1. The van der Waals surface area contributed by atoms with E-state index in [1.165, 1.54) is 11.3 Å². The molecule has 0 aliphatic carbocycles. The van der Waals surface area contributed by atoms with E-state index in [2.05, 4.69) is 22.2 Å². The van der Waals surface area contributed by atoms with E-state index in [-0.39, 0.29) is 17.9 Å². The first-order valence-corrected chi connectivity index (χ1v) is 11.0. The van der Waals surface area contributed by atoms with Gasteiger partial charge in [0.2, 0.25) is 5.91 Å². The molecule has 6 nitrogen and oxygen atoms in total. The second-order valence-electron chi connectivity index (χ2n) is 6.74. The van der Waals surface area contributed by atoms with Crippen molar-refractivity contribution in [2.75, 3.05) is 5.32 Å². The van der Waals surface area contributed by atoms with E-state index < -0.39 is 0 Å². The standard InChI is InChI=1S/C21H20N4O2S2/c1-3-15-8-16-20(29-15)22-12-25(21(16)27)10-14-11-28-19(23-14)9-18(26)24-17-7-5-4-6-13(17)2/h4-8,11-12H,3,9-10H2,1-2H3,(H,24,26).